The lowest BCUT2D eigenvalue weighted by Crippen LogP contribution is -2.17. The first-order chi connectivity index (χ1) is 9.44. The standard InChI is InChI=1S/C14H14F3NOS/c15-14(16,17)19-12-4-2-11(3-5-12)13(18)6-1-10-7-8-20-9-10/h2-5,7-9,13H,1,6,18H2. The van der Waals surface area contributed by atoms with Crippen LogP contribution in [0.1, 0.15) is 23.6 Å². The van der Waals surface area contributed by atoms with Gasteiger partial charge in [-0.05, 0) is 52.9 Å². The fourth-order valence-electron chi connectivity index (χ4n) is 1.84. The van der Waals surface area contributed by atoms with Gasteiger partial charge in [0.05, 0.1) is 0 Å². The average Bonchev–Trinajstić information content (AvgIpc) is 2.88. The first-order valence-corrected chi connectivity index (χ1v) is 7.01. The third-order valence-corrected chi connectivity index (χ3v) is 3.60. The van der Waals surface area contributed by atoms with Crippen LogP contribution in [-0.2, 0) is 6.42 Å². The number of benzene rings is 1. The van der Waals surface area contributed by atoms with E-state index in [-0.39, 0.29) is 11.8 Å². The molecule has 20 heavy (non-hydrogen) atoms. The topological polar surface area (TPSA) is 35.2 Å². The molecular formula is C14H14F3NOS. The van der Waals surface area contributed by atoms with Crippen LogP contribution in [0.25, 0.3) is 0 Å². The minimum atomic E-state index is -4.66. The smallest absolute Gasteiger partial charge is 0.406 e. The zero-order chi connectivity index (χ0) is 14.6. The number of nitrogens with two attached hydrogens (primary N) is 1. The highest BCUT2D eigenvalue weighted by Crippen LogP contribution is 2.25. The fourth-order valence-corrected chi connectivity index (χ4v) is 2.54. The lowest BCUT2D eigenvalue weighted by atomic mass is 10.0. The molecule has 2 aromatic rings. The molecule has 1 atom stereocenters. The Morgan fingerprint density at radius 3 is 2.40 bits per heavy atom. The molecule has 0 fully saturated rings. The summed E-state index contributed by atoms with van der Waals surface area (Å²) in [7, 11) is 0. The van der Waals surface area contributed by atoms with Gasteiger partial charge in [0.25, 0.3) is 0 Å². The number of hydrogen-bond donors (Lipinski definition) is 1. The molecule has 1 unspecified atom stereocenters. The van der Waals surface area contributed by atoms with E-state index in [1.165, 1.54) is 17.7 Å². The Bertz CT molecular complexity index is 522. The van der Waals surface area contributed by atoms with Gasteiger partial charge in [-0.1, -0.05) is 12.1 Å². The second-order valence-electron chi connectivity index (χ2n) is 4.39. The Morgan fingerprint density at radius 2 is 1.85 bits per heavy atom. The molecule has 1 heterocycles. The van der Waals surface area contributed by atoms with Crippen LogP contribution in [0, 0.1) is 0 Å². The molecule has 1 aromatic heterocycles. The summed E-state index contributed by atoms with van der Waals surface area (Å²) in [5.74, 6) is -0.230. The summed E-state index contributed by atoms with van der Waals surface area (Å²) in [5.41, 5.74) is 8.05. The second kappa shape index (κ2) is 6.28. The van der Waals surface area contributed by atoms with Crippen molar-refractivity contribution in [2.24, 2.45) is 5.73 Å². The zero-order valence-electron chi connectivity index (χ0n) is 10.6. The van der Waals surface area contributed by atoms with Crippen LogP contribution in [0.15, 0.2) is 41.1 Å². The molecule has 0 spiro atoms. The Balaban J connectivity index is 1.91. The van der Waals surface area contributed by atoms with Gasteiger partial charge in [-0.25, -0.2) is 0 Å². The SMILES string of the molecule is NC(CCc1ccsc1)c1ccc(OC(F)(F)F)cc1. The quantitative estimate of drug-likeness (QED) is 0.894. The molecule has 0 bridgehead atoms. The van der Waals surface area contributed by atoms with Gasteiger partial charge < -0.3 is 10.5 Å². The largest absolute Gasteiger partial charge is 0.573 e. The summed E-state index contributed by atoms with van der Waals surface area (Å²) in [6.07, 6.45) is -3.07. The molecule has 6 heteroatoms. The summed E-state index contributed by atoms with van der Waals surface area (Å²) in [5, 5.41) is 4.07. The van der Waals surface area contributed by atoms with Gasteiger partial charge in [0, 0.05) is 6.04 Å². The van der Waals surface area contributed by atoms with Crippen LogP contribution in [0.2, 0.25) is 0 Å². The van der Waals surface area contributed by atoms with E-state index in [0.29, 0.717) is 0 Å². The van der Waals surface area contributed by atoms with Gasteiger partial charge in [-0.2, -0.15) is 11.3 Å². The van der Waals surface area contributed by atoms with Gasteiger partial charge in [0.1, 0.15) is 5.75 Å². The summed E-state index contributed by atoms with van der Waals surface area (Å²) >= 11 is 1.63. The van der Waals surface area contributed by atoms with Crippen molar-refractivity contribution in [1.29, 1.82) is 0 Å². The van der Waals surface area contributed by atoms with E-state index in [2.05, 4.69) is 10.1 Å². The normalized spacial score (nSPS) is 13.2. The Kier molecular flexibility index (Phi) is 4.67. The van der Waals surface area contributed by atoms with E-state index in [4.69, 9.17) is 5.73 Å². The monoisotopic (exact) mass is 301 g/mol. The van der Waals surface area contributed by atoms with E-state index in [9.17, 15) is 13.2 Å². The molecule has 0 aliphatic heterocycles. The maximum absolute atomic E-state index is 12.0. The molecule has 0 aliphatic rings. The first-order valence-electron chi connectivity index (χ1n) is 6.06. The Hall–Kier alpha value is -1.53. The number of hydrogen-bond acceptors (Lipinski definition) is 3. The Morgan fingerprint density at radius 1 is 1.15 bits per heavy atom. The van der Waals surface area contributed by atoms with Gasteiger partial charge in [0.2, 0.25) is 0 Å². The van der Waals surface area contributed by atoms with Crippen molar-refractivity contribution in [1.82, 2.24) is 0 Å². The summed E-state index contributed by atoms with van der Waals surface area (Å²) < 4.78 is 39.9. The molecule has 2 N–H and O–H groups in total. The molecule has 0 saturated heterocycles. The molecule has 1 aromatic carbocycles. The molecular weight excluding hydrogens is 287 g/mol. The van der Waals surface area contributed by atoms with Crippen LogP contribution in [0.5, 0.6) is 5.75 Å². The molecule has 0 radical (unpaired) electrons. The highest BCUT2D eigenvalue weighted by molar-refractivity contribution is 7.07. The maximum atomic E-state index is 12.0. The summed E-state index contributed by atoms with van der Waals surface area (Å²) in [6.45, 7) is 0. The van der Waals surface area contributed by atoms with E-state index in [1.807, 2.05) is 11.4 Å². The number of ether oxygens (including phenoxy) is 1. The molecule has 0 saturated carbocycles. The lowest BCUT2D eigenvalue weighted by molar-refractivity contribution is -0.274. The van der Waals surface area contributed by atoms with E-state index < -0.39 is 6.36 Å². The van der Waals surface area contributed by atoms with Crippen LogP contribution in [0.3, 0.4) is 0 Å². The predicted molar refractivity (Wildman–Crippen MR) is 72.7 cm³/mol. The van der Waals surface area contributed by atoms with Crippen molar-refractivity contribution >= 4 is 11.3 Å². The van der Waals surface area contributed by atoms with Gasteiger partial charge in [0.15, 0.2) is 0 Å². The van der Waals surface area contributed by atoms with Crippen molar-refractivity contribution < 1.29 is 17.9 Å². The average molecular weight is 301 g/mol. The van der Waals surface area contributed by atoms with Gasteiger partial charge in [-0.3, -0.25) is 0 Å². The van der Waals surface area contributed by atoms with Crippen LogP contribution in [-0.4, -0.2) is 6.36 Å². The molecule has 2 rings (SSSR count). The third kappa shape index (κ3) is 4.54. The van der Waals surface area contributed by atoms with Crippen molar-refractivity contribution in [3.05, 3.63) is 52.2 Å². The fraction of sp³-hybridized carbons (Fsp3) is 0.286. The van der Waals surface area contributed by atoms with Crippen LogP contribution in [0.4, 0.5) is 13.2 Å². The minimum Gasteiger partial charge on any atom is -0.406 e. The van der Waals surface area contributed by atoms with Crippen molar-refractivity contribution in [3.8, 4) is 5.75 Å². The van der Waals surface area contributed by atoms with E-state index in [0.717, 1.165) is 18.4 Å². The Labute approximate surface area is 119 Å². The van der Waals surface area contributed by atoms with Crippen molar-refractivity contribution in [3.63, 3.8) is 0 Å². The van der Waals surface area contributed by atoms with Crippen LogP contribution < -0.4 is 10.5 Å². The summed E-state index contributed by atoms with van der Waals surface area (Å²) in [6, 6.07) is 7.55. The third-order valence-electron chi connectivity index (χ3n) is 2.87. The molecule has 0 aliphatic carbocycles. The lowest BCUT2D eigenvalue weighted by Gasteiger charge is -2.13. The number of halogens is 3. The first kappa shape index (κ1) is 14.9. The molecule has 108 valence electrons. The predicted octanol–water partition coefficient (Wildman–Crippen LogP) is 4.28. The number of alkyl halides is 3. The minimum absolute atomic E-state index is 0.199. The zero-order valence-corrected chi connectivity index (χ0v) is 11.4. The van der Waals surface area contributed by atoms with Crippen molar-refractivity contribution in [2.75, 3.05) is 0 Å². The molecule has 0 amide bonds. The highest BCUT2D eigenvalue weighted by atomic mass is 32.1. The highest BCUT2D eigenvalue weighted by Gasteiger charge is 2.30. The number of thiophene rings is 1. The number of rotatable bonds is 5. The van der Waals surface area contributed by atoms with Gasteiger partial charge >= 0.3 is 6.36 Å². The van der Waals surface area contributed by atoms with Crippen molar-refractivity contribution in [2.45, 2.75) is 25.2 Å². The second-order valence-corrected chi connectivity index (χ2v) is 5.17. The van der Waals surface area contributed by atoms with Gasteiger partial charge in [-0.15, -0.1) is 13.2 Å². The number of aryl methyl sites for hydroxylation is 1. The van der Waals surface area contributed by atoms with Crippen LogP contribution >= 0.6 is 11.3 Å². The van der Waals surface area contributed by atoms with E-state index >= 15 is 0 Å². The van der Waals surface area contributed by atoms with E-state index in [1.54, 1.807) is 23.5 Å². The molecule has 2 nitrogen and oxygen atoms in total. The maximum Gasteiger partial charge on any atom is 0.573 e. The summed E-state index contributed by atoms with van der Waals surface area (Å²) in [4.78, 5) is 0.